The van der Waals surface area contributed by atoms with Gasteiger partial charge >= 0.3 is 0 Å². The first kappa shape index (κ1) is 15.2. The van der Waals surface area contributed by atoms with E-state index in [1.807, 2.05) is 32.2 Å². The van der Waals surface area contributed by atoms with Crippen molar-refractivity contribution in [1.82, 2.24) is 4.98 Å². The molecule has 0 spiro atoms. The summed E-state index contributed by atoms with van der Waals surface area (Å²) in [7, 11) is 0. The van der Waals surface area contributed by atoms with Gasteiger partial charge < -0.3 is 0 Å². The minimum atomic E-state index is 0.292. The van der Waals surface area contributed by atoms with Gasteiger partial charge in [0.15, 0.2) is 0 Å². The fraction of sp³-hybridized carbons (Fsp3) is 0.389. The van der Waals surface area contributed by atoms with Crippen molar-refractivity contribution in [1.29, 1.82) is 0 Å². The zero-order valence-corrected chi connectivity index (χ0v) is 12.6. The van der Waals surface area contributed by atoms with Crippen LogP contribution in [0.2, 0.25) is 0 Å². The molecule has 0 amide bonds. The van der Waals surface area contributed by atoms with Crippen LogP contribution in [0.3, 0.4) is 0 Å². The van der Waals surface area contributed by atoms with E-state index in [0.717, 1.165) is 23.3 Å². The first-order valence-corrected chi connectivity index (χ1v) is 6.59. The highest BCUT2D eigenvalue weighted by atomic mass is 14.7. The Morgan fingerprint density at radius 2 is 1.95 bits per heavy atom. The fourth-order valence-corrected chi connectivity index (χ4v) is 1.76. The molecule has 0 aliphatic carbocycles. The Kier molecular flexibility index (Phi) is 5.12. The van der Waals surface area contributed by atoms with Gasteiger partial charge in [-0.25, -0.2) is 0 Å². The smallest absolute Gasteiger partial charge is 0.0658 e. The van der Waals surface area contributed by atoms with Crippen molar-refractivity contribution in [2.75, 3.05) is 0 Å². The van der Waals surface area contributed by atoms with E-state index in [9.17, 15) is 0 Å². The number of rotatable bonds is 3. The van der Waals surface area contributed by atoms with Crippen LogP contribution in [0.15, 0.2) is 36.1 Å². The molecule has 1 heteroatoms. The molecule has 0 saturated carbocycles. The lowest BCUT2D eigenvalue weighted by Gasteiger charge is -2.17. The average Bonchev–Trinajstić information content (AvgIpc) is 2.34. The van der Waals surface area contributed by atoms with Gasteiger partial charge in [-0.3, -0.25) is 4.98 Å². The minimum absolute atomic E-state index is 0.292. The van der Waals surface area contributed by atoms with Gasteiger partial charge in [0.2, 0.25) is 0 Å². The van der Waals surface area contributed by atoms with E-state index in [1.54, 1.807) is 0 Å². The number of hydrogen-bond donors (Lipinski definition) is 0. The van der Waals surface area contributed by atoms with Crippen LogP contribution < -0.4 is 0 Å². The molecule has 1 nitrogen and oxygen atoms in total. The predicted molar refractivity (Wildman–Crippen MR) is 83.6 cm³/mol. The summed E-state index contributed by atoms with van der Waals surface area (Å²) >= 11 is 0. The molecule has 0 unspecified atom stereocenters. The van der Waals surface area contributed by atoms with Gasteiger partial charge in [-0.2, -0.15) is 0 Å². The molecule has 0 saturated heterocycles. The minimum Gasteiger partial charge on any atom is -0.256 e. The molecule has 0 aromatic carbocycles. The fourth-order valence-electron chi connectivity index (χ4n) is 1.76. The van der Waals surface area contributed by atoms with E-state index in [2.05, 4.69) is 43.8 Å². The number of hydrogen-bond acceptors (Lipinski definition) is 1. The van der Waals surface area contributed by atoms with Gasteiger partial charge in [0.05, 0.1) is 5.69 Å². The van der Waals surface area contributed by atoms with Crippen LogP contribution >= 0.6 is 0 Å². The molecule has 1 aromatic rings. The third-order valence-corrected chi connectivity index (χ3v) is 2.77. The summed E-state index contributed by atoms with van der Waals surface area (Å²) in [6.45, 7) is 10.7. The Labute approximate surface area is 117 Å². The summed E-state index contributed by atoms with van der Waals surface area (Å²) in [6, 6.07) is 4.23. The maximum Gasteiger partial charge on any atom is 0.0658 e. The number of terminal acetylenes is 1. The van der Waals surface area contributed by atoms with Crippen molar-refractivity contribution in [3.05, 3.63) is 47.3 Å². The average molecular weight is 253 g/mol. The third-order valence-electron chi connectivity index (χ3n) is 2.77. The number of nitrogens with zero attached hydrogens (tertiary/aromatic N) is 1. The van der Waals surface area contributed by atoms with Gasteiger partial charge in [-0.1, -0.05) is 44.9 Å². The summed E-state index contributed by atoms with van der Waals surface area (Å²) in [5, 5.41) is 0. The first-order chi connectivity index (χ1) is 8.81. The molecule has 1 rings (SSSR count). The maximum atomic E-state index is 5.31. The van der Waals surface area contributed by atoms with Crippen LogP contribution in [0.1, 0.15) is 45.9 Å². The van der Waals surface area contributed by atoms with E-state index in [4.69, 9.17) is 6.42 Å². The highest BCUT2D eigenvalue weighted by Crippen LogP contribution is 2.21. The summed E-state index contributed by atoms with van der Waals surface area (Å²) in [5.74, 6) is 2.60. The van der Waals surface area contributed by atoms with Crippen LogP contribution in [0.25, 0.3) is 5.57 Å². The van der Waals surface area contributed by atoms with Crippen molar-refractivity contribution >= 4 is 5.57 Å². The van der Waals surface area contributed by atoms with Crippen molar-refractivity contribution < 1.29 is 0 Å². The van der Waals surface area contributed by atoms with Gasteiger partial charge in [0.1, 0.15) is 0 Å². The lowest BCUT2D eigenvalue weighted by Crippen LogP contribution is -2.09. The van der Waals surface area contributed by atoms with Crippen molar-refractivity contribution in [3.8, 4) is 12.3 Å². The maximum absolute atomic E-state index is 5.31. The number of aromatic nitrogens is 1. The molecular weight excluding hydrogens is 230 g/mol. The Bertz CT molecular complexity index is 516. The zero-order valence-electron chi connectivity index (χ0n) is 12.6. The molecule has 19 heavy (non-hydrogen) atoms. The van der Waals surface area contributed by atoms with Gasteiger partial charge in [-0.05, 0) is 48.5 Å². The number of pyridine rings is 1. The van der Waals surface area contributed by atoms with Crippen LogP contribution in [-0.4, -0.2) is 4.98 Å². The van der Waals surface area contributed by atoms with E-state index in [0.29, 0.717) is 5.41 Å². The molecule has 0 radical (unpaired) electrons. The van der Waals surface area contributed by atoms with E-state index in [-0.39, 0.29) is 0 Å². The van der Waals surface area contributed by atoms with Gasteiger partial charge in [-0.15, -0.1) is 6.42 Å². The lowest BCUT2D eigenvalue weighted by atomic mass is 9.89. The van der Waals surface area contributed by atoms with Crippen molar-refractivity contribution in [3.63, 3.8) is 0 Å². The molecule has 1 heterocycles. The van der Waals surface area contributed by atoms with Crippen molar-refractivity contribution in [2.45, 2.75) is 41.0 Å². The highest BCUT2D eigenvalue weighted by molar-refractivity contribution is 5.62. The van der Waals surface area contributed by atoms with Crippen molar-refractivity contribution in [2.24, 2.45) is 5.41 Å². The quantitative estimate of drug-likeness (QED) is 0.564. The Morgan fingerprint density at radius 1 is 1.26 bits per heavy atom. The zero-order chi connectivity index (χ0) is 14.5. The summed E-state index contributed by atoms with van der Waals surface area (Å²) in [4.78, 5) is 4.52. The standard InChI is InChI=1S/C18H23N/c1-7-14(2)8-9-15(3)17-11-10-16(13-19-17)12-18(4,5)6/h1,8-11,13H,12H2,2-6H3/b14-8-,15-9+. The van der Waals surface area contributed by atoms with Gasteiger partial charge in [0, 0.05) is 6.20 Å². The summed E-state index contributed by atoms with van der Waals surface area (Å²) in [5.41, 5.74) is 4.61. The molecule has 0 aliphatic heterocycles. The molecule has 0 atom stereocenters. The summed E-state index contributed by atoms with van der Waals surface area (Å²) in [6.07, 6.45) is 12.3. The summed E-state index contributed by atoms with van der Waals surface area (Å²) < 4.78 is 0. The molecule has 0 fully saturated rings. The molecule has 0 bridgehead atoms. The molecule has 100 valence electrons. The normalized spacial score (nSPS) is 13.3. The molecular formula is C18H23N. The lowest BCUT2D eigenvalue weighted by molar-refractivity contribution is 0.410. The van der Waals surface area contributed by atoms with E-state index in [1.165, 1.54) is 5.56 Å². The van der Waals surface area contributed by atoms with Crippen LogP contribution in [0.4, 0.5) is 0 Å². The largest absolute Gasteiger partial charge is 0.256 e. The van der Waals surface area contributed by atoms with E-state index < -0.39 is 0 Å². The third kappa shape index (κ3) is 5.57. The SMILES string of the molecule is C#C/C(C)=C\C=C(/C)c1ccc(CC(C)(C)C)cn1. The first-order valence-electron chi connectivity index (χ1n) is 6.59. The molecule has 0 aliphatic rings. The topological polar surface area (TPSA) is 12.9 Å². The second kappa shape index (κ2) is 6.38. The highest BCUT2D eigenvalue weighted by Gasteiger charge is 2.11. The van der Waals surface area contributed by atoms with E-state index >= 15 is 0 Å². The van der Waals surface area contributed by atoms with Crippen LogP contribution in [-0.2, 0) is 6.42 Å². The predicted octanol–water partition coefficient (Wildman–Crippen LogP) is 4.65. The second-order valence-corrected chi connectivity index (χ2v) is 6.13. The van der Waals surface area contributed by atoms with Crippen LogP contribution in [0.5, 0.6) is 0 Å². The molecule has 1 aromatic heterocycles. The Balaban J connectivity index is 2.85. The Morgan fingerprint density at radius 3 is 2.42 bits per heavy atom. The number of allylic oxidation sites excluding steroid dienone is 4. The second-order valence-electron chi connectivity index (χ2n) is 6.13. The monoisotopic (exact) mass is 253 g/mol. The van der Waals surface area contributed by atoms with Gasteiger partial charge in [0.25, 0.3) is 0 Å². The Hall–Kier alpha value is -1.81. The van der Waals surface area contributed by atoms with Crippen LogP contribution in [0, 0.1) is 17.8 Å². The molecule has 0 N–H and O–H groups in total.